The van der Waals surface area contributed by atoms with Crippen molar-refractivity contribution in [3.05, 3.63) is 11.6 Å². The van der Waals surface area contributed by atoms with Crippen molar-refractivity contribution in [1.82, 2.24) is 14.8 Å². The zero-order chi connectivity index (χ0) is 13.5. The number of nitrogens with zero attached hydrogens (tertiary/aromatic N) is 3. The molecular weight excluding hydrogens is 242 g/mol. The van der Waals surface area contributed by atoms with Crippen molar-refractivity contribution in [3.8, 4) is 0 Å². The van der Waals surface area contributed by atoms with E-state index in [0.717, 1.165) is 30.9 Å². The number of hydrogen-bond donors (Lipinski definition) is 1. The molecule has 1 aromatic rings. The molecule has 0 unspecified atom stereocenters. The molecule has 5 heteroatoms. The van der Waals surface area contributed by atoms with Crippen molar-refractivity contribution in [2.75, 3.05) is 0 Å². The van der Waals surface area contributed by atoms with Gasteiger partial charge in [0.25, 0.3) is 0 Å². The van der Waals surface area contributed by atoms with E-state index < -0.39 is 11.5 Å². The second kappa shape index (κ2) is 4.62. The highest BCUT2D eigenvalue weighted by Gasteiger charge is 2.49. The van der Waals surface area contributed by atoms with Crippen molar-refractivity contribution in [2.45, 2.75) is 69.7 Å². The summed E-state index contributed by atoms with van der Waals surface area (Å²) in [5.41, 5.74) is -0.764. The van der Waals surface area contributed by atoms with E-state index in [1.54, 1.807) is 0 Å². The van der Waals surface area contributed by atoms with Gasteiger partial charge in [-0.3, -0.25) is 4.57 Å². The highest BCUT2D eigenvalue weighted by molar-refractivity contribution is 5.78. The van der Waals surface area contributed by atoms with E-state index in [-0.39, 0.29) is 0 Å². The van der Waals surface area contributed by atoms with Gasteiger partial charge in [0.2, 0.25) is 0 Å². The minimum atomic E-state index is -0.764. The molecular formula is C14H21N3O2. The maximum absolute atomic E-state index is 11.7. The van der Waals surface area contributed by atoms with Gasteiger partial charge in [-0.15, -0.1) is 10.2 Å². The molecule has 0 spiro atoms. The number of aromatic nitrogens is 3. The molecule has 0 amide bonds. The summed E-state index contributed by atoms with van der Waals surface area (Å²) in [6, 6.07) is 0. The van der Waals surface area contributed by atoms with Crippen LogP contribution in [-0.4, -0.2) is 25.8 Å². The number of aryl methyl sites for hydroxylation is 1. The largest absolute Gasteiger partial charge is 0.479 e. The third-order valence-corrected chi connectivity index (χ3v) is 4.83. The maximum Gasteiger partial charge on any atom is 0.329 e. The fourth-order valence-corrected chi connectivity index (χ4v) is 3.58. The lowest BCUT2D eigenvalue weighted by Crippen LogP contribution is -2.49. The molecule has 2 saturated carbocycles. The molecule has 0 saturated heterocycles. The highest BCUT2D eigenvalue weighted by Crippen LogP contribution is 2.43. The Labute approximate surface area is 113 Å². The van der Waals surface area contributed by atoms with E-state index in [4.69, 9.17) is 0 Å². The van der Waals surface area contributed by atoms with Gasteiger partial charge < -0.3 is 5.11 Å². The van der Waals surface area contributed by atoms with Gasteiger partial charge in [-0.2, -0.15) is 0 Å². The zero-order valence-corrected chi connectivity index (χ0v) is 11.4. The smallest absolute Gasteiger partial charge is 0.329 e. The van der Waals surface area contributed by atoms with Crippen LogP contribution in [0.3, 0.4) is 0 Å². The van der Waals surface area contributed by atoms with E-state index in [0.29, 0.717) is 18.8 Å². The van der Waals surface area contributed by atoms with E-state index in [1.807, 2.05) is 11.5 Å². The topological polar surface area (TPSA) is 68.0 Å². The van der Waals surface area contributed by atoms with Crippen LogP contribution in [0.15, 0.2) is 0 Å². The Bertz CT molecular complexity index is 485. The average molecular weight is 263 g/mol. The Morgan fingerprint density at radius 2 is 1.89 bits per heavy atom. The van der Waals surface area contributed by atoms with Crippen LogP contribution in [0, 0.1) is 6.92 Å². The van der Waals surface area contributed by atoms with E-state index in [9.17, 15) is 9.90 Å². The predicted octanol–water partition coefficient (Wildman–Crippen LogP) is 2.60. The van der Waals surface area contributed by atoms with Crippen LogP contribution in [0.2, 0.25) is 0 Å². The molecule has 0 aliphatic heterocycles. The first-order chi connectivity index (χ1) is 9.15. The average Bonchev–Trinajstić information content (AvgIpc) is 2.72. The Balaban J connectivity index is 2.00. The Morgan fingerprint density at radius 1 is 1.21 bits per heavy atom. The monoisotopic (exact) mass is 263 g/mol. The predicted molar refractivity (Wildman–Crippen MR) is 70.0 cm³/mol. The lowest BCUT2D eigenvalue weighted by molar-refractivity contribution is -0.152. The highest BCUT2D eigenvalue weighted by atomic mass is 16.4. The van der Waals surface area contributed by atoms with Crippen molar-refractivity contribution < 1.29 is 9.90 Å². The van der Waals surface area contributed by atoms with Gasteiger partial charge in [0.05, 0.1) is 0 Å². The van der Waals surface area contributed by atoms with Crippen molar-refractivity contribution in [1.29, 1.82) is 0 Å². The van der Waals surface area contributed by atoms with Crippen molar-refractivity contribution in [3.63, 3.8) is 0 Å². The van der Waals surface area contributed by atoms with Crippen LogP contribution in [0.25, 0.3) is 0 Å². The molecule has 1 heterocycles. The molecule has 1 N–H and O–H groups in total. The fraction of sp³-hybridized carbons (Fsp3) is 0.786. The number of carbonyl (C=O) groups is 1. The molecule has 5 nitrogen and oxygen atoms in total. The van der Waals surface area contributed by atoms with Gasteiger partial charge in [-0.1, -0.05) is 19.3 Å². The van der Waals surface area contributed by atoms with Crippen LogP contribution in [-0.2, 0) is 10.3 Å². The normalized spacial score (nSPS) is 23.0. The molecule has 0 bridgehead atoms. The SMILES string of the molecule is Cc1nnc(C2CCCCC2)n1C1(C(=O)O)CCC1. The molecule has 2 fully saturated rings. The molecule has 1 aromatic heterocycles. The van der Waals surface area contributed by atoms with Crippen LogP contribution in [0.5, 0.6) is 0 Å². The third-order valence-electron chi connectivity index (χ3n) is 4.83. The third kappa shape index (κ3) is 1.86. The van der Waals surface area contributed by atoms with Gasteiger partial charge >= 0.3 is 5.97 Å². The quantitative estimate of drug-likeness (QED) is 0.910. The summed E-state index contributed by atoms with van der Waals surface area (Å²) < 4.78 is 1.94. The number of carboxylic acid groups (broad SMARTS) is 1. The number of hydrogen-bond acceptors (Lipinski definition) is 3. The van der Waals surface area contributed by atoms with E-state index >= 15 is 0 Å². The van der Waals surface area contributed by atoms with Gasteiger partial charge in [0.1, 0.15) is 17.2 Å². The standard InChI is InChI=1S/C14H21N3O2/c1-10-15-16-12(11-6-3-2-4-7-11)17(10)14(13(18)19)8-5-9-14/h11H,2-9H2,1H3,(H,18,19). The zero-order valence-electron chi connectivity index (χ0n) is 11.4. The Morgan fingerprint density at radius 3 is 2.42 bits per heavy atom. The lowest BCUT2D eigenvalue weighted by atomic mass is 9.75. The summed E-state index contributed by atoms with van der Waals surface area (Å²) in [7, 11) is 0. The number of aliphatic carboxylic acids is 1. The van der Waals surface area contributed by atoms with Crippen molar-refractivity contribution >= 4 is 5.97 Å². The summed E-state index contributed by atoms with van der Waals surface area (Å²) in [6.45, 7) is 1.88. The molecule has 0 atom stereocenters. The minimum Gasteiger partial charge on any atom is -0.479 e. The summed E-state index contributed by atoms with van der Waals surface area (Å²) in [5, 5.41) is 18.1. The minimum absolute atomic E-state index is 0.395. The Kier molecular flexibility index (Phi) is 3.07. The second-order valence-electron chi connectivity index (χ2n) is 5.97. The van der Waals surface area contributed by atoms with Gasteiger partial charge in [-0.05, 0) is 39.0 Å². The van der Waals surface area contributed by atoms with Gasteiger partial charge in [0.15, 0.2) is 0 Å². The van der Waals surface area contributed by atoms with Crippen LogP contribution >= 0.6 is 0 Å². The second-order valence-corrected chi connectivity index (χ2v) is 5.97. The summed E-state index contributed by atoms with van der Waals surface area (Å²) in [5.74, 6) is 1.34. The summed E-state index contributed by atoms with van der Waals surface area (Å²) in [6.07, 6.45) is 8.36. The van der Waals surface area contributed by atoms with Crippen molar-refractivity contribution in [2.24, 2.45) is 0 Å². The molecule has 104 valence electrons. The van der Waals surface area contributed by atoms with Gasteiger partial charge in [-0.25, -0.2) is 4.79 Å². The first-order valence-electron chi connectivity index (χ1n) is 7.31. The molecule has 0 radical (unpaired) electrons. The lowest BCUT2D eigenvalue weighted by Gasteiger charge is -2.41. The molecule has 0 aromatic carbocycles. The summed E-state index contributed by atoms with van der Waals surface area (Å²) >= 11 is 0. The maximum atomic E-state index is 11.7. The first kappa shape index (κ1) is 12.6. The van der Waals surface area contributed by atoms with E-state index in [1.165, 1.54) is 19.3 Å². The first-order valence-corrected chi connectivity index (χ1v) is 7.31. The molecule has 3 rings (SSSR count). The molecule has 19 heavy (non-hydrogen) atoms. The number of rotatable bonds is 3. The summed E-state index contributed by atoms with van der Waals surface area (Å²) in [4.78, 5) is 11.7. The van der Waals surface area contributed by atoms with Gasteiger partial charge in [0, 0.05) is 5.92 Å². The fourth-order valence-electron chi connectivity index (χ4n) is 3.58. The van der Waals surface area contributed by atoms with E-state index in [2.05, 4.69) is 10.2 Å². The Hall–Kier alpha value is -1.39. The van der Waals surface area contributed by atoms with Crippen LogP contribution < -0.4 is 0 Å². The molecule has 2 aliphatic carbocycles. The molecule has 2 aliphatic rings. The number of carboxylic acids is 1. The van der Waals surface area contributed by atoms with Crippen LogP contribution in [0.1, 0.15) is 68.9 Å². The van der Waals surface area contributed by atoms with Crippen LogP contribution in [0.4, 0.5) is 0 Å².